The molecule has 0 radical (unpaired) electrons. The molecule has 0 aliphatic rings. The molecule has 0 aliphatic carbocycles. The van der Waals surface area contributed by atoms with Crippen molar-refractivity contribution in [3.8, 4) is 0 Å². The summed E-state index contributed by atoms with van der Waals surface area (Å²) < 4.78 is 2.14. The molecule has 0 fully saturated rings. The van der Waals surface area contributed by atoms with Crippen LogP contribution in [-0.2, 0) is 0 Å². The Hall–Kier alpha value is -3.33. The van der Waals surface area contributed by atoms with Gasteiger partial charge in [0.15, 0.2) is 0 Å². The largest absolute Gasteiger partial charge is 0.340 e. The Kier molecular flexibility index (Phi) is 5.22. The summed E-state index contributed by atoms with van der Waals surface area (Å²) in [6.07, 6.45) is 0. The van der Waals surface area contributed by atoms with Crippen molar-refractivity contribution in [1.82, 2.24) is 9.78 Å². The zero-order valence-electron chi connectivity index (χ0n) is 17.5. The summed E-state index contributed by atoms with van der Waals surface area (Å²) in [4.78, 5) is 0. The van der Waals surface area contributed by atoms with Crippen LogP contribution in [0.15, 0.2) is 78.9 Å². The van der Waals surface area contributed by atoms with Gasteiger partial charge in [-0.2, -0.15) is 5.10 Å². The van der Waals surface area contributed by atoms with Crippen LogP contribution in [0, 0.1) is 27.7 Å². The molecule has 0 bridgehead atoms. The zero-order chi connectivity index (χ0) is 20.4. The molecular weight excluding hydrogens is 354 g/mol. The summed E-state index contributed by atoms with van der Waals surface area (Å²) in [7, 11) is 0. The summed E-state index contributed by atoms with van der Waals surface area (Å²) in [5.41, 5.74) is 8.24. The Morgan fingerprint density at radius 1 is 0.690 bits per heavy atom. The number of nitrogens with zero attached hydrogens (tertiary/aromatic N) is 2. The van der Waals surface area contributed by atoms with E-state index in [1.807, 2.05) is 0 Å². The molecule has 0 atom stereocenters. The minimum atomic E-state index is -0.00313. The Morgan fingerprint density at radius 3 is 1.72 bits per heavy atom. The molecule has 0 spiro atoms. The molecule has 3 aromatic carbocycles. The first-order valence-corrected chi connectivity index (χ1v) is 10.0. The third-order valence-electron chi connectivity index (χ3n) is 5.58. The number of aromatic nitrogens is 2. The van der Waals surface area contributed by atoms with Crippen molar-refractivity contribution in [1.29, 1.82) is 0 Å². The molecule has 4 aromatic rings. The highest BCUT2D eigenvalue weighted by molar-refractivity contribution is 5.67. The summed E-state index contributed by atoms with van der Waals surface area (Å²) in [5.74, 6) is 1.04. The van der Waals surface area contributed by atoms with Gasteiger partial charge in [0.05, 0.1) is 5.69 Å². The summed E-state index contributed by atoms with van der Waals surface area (Å²) in [6.45, 7) is 8.50. The lowest BCUT2D eigenvalue weighted by atomic mass is 9.99. The molecular formula is C26H27N3. The van der Waals surface area contributed by atoms with Gasteiger partial charge in [0.25, 0.3) is 0 Å². The van der Waals surface area contributed by atoms with Crippen LogP contribution in [0.2, 0.25) is 0 Å². The molecule has 1 aromatic heterocycles. The molecule has 0 aliphatic heterocycles. The molecule has 3 nitrogen and oxygen atoms in total. The Balaban J connectivity index is 1.90. The number of para-hydroxylation sites is 1. The number of aryl methyl sites for hydroxylation is 3. The van der Waals surface area contributed by atoms with Gasteiger partial charge in [0, 0.05) is 11.3 Å². The monoisotopic (exact) mass is 381 g/mol. The van der Waals surface area contributed by atoms with Crippen LogP contribution in [-0.4, -0.2) is 9.78 Å². The molecule has 29 heavy (non-hydrogen) atoms. The van der Waals surface area contributed by atoms with Gasteiger partial charge >= 0.3 is 0 Å². The maximum atomic E-state index is 4.97. The van der Waals surface area contributed by atoms with Gasteiger partial charge in [-0.1, -0.05) is 78.9 Å². The van der Waals surface area contributed by atoms with Crippen molar-refractivity contribution < 1.29 is 0 Å². The highest BCUT2D eigenvalue weighted by atomic mass is 15.4. The minimum Gasteiger partial charge on any atom is -0.340 e. The first kappa shape index (κ1) is 19.0. The molecule has 0 saturated carbocycles. The lowest BCUT2D eigenvalue weighted by molar-refractivity contribution is 0.598. The van der Waals surface area contributed by atoms with E-state index in [9.17, 15) is 0 Å². The van der Waals surface area contributed by atoms with Crippen molar-refractivity contribution in [3.63, 3.8) is 0 Å². The van der Waals surface area contributed by atoms with E-state index in [0.717, 1.165) is 17.2 Å². The Labute approximate surface area is 173 Å². The standard InChI is InChI=1S/C26H27N3/c1-18-12-11-13-19(2)24(18)27-26-20(3)21(4)28-29(26)25(22-14-7-5-8-15-22)23-16-9-6-10-17-23/h5-17,25,27H,1-4H3. The third kappa shape index (κ3) is 3.68. The molecule has 0 amide bonds. The molecule has 1 heterocycles. The number of anilines is 2. The number of hydrogen-bond acceptors (Lipinski definition) is 2. The predicted molar refractivity (Wildman–Crippen MR) is 121 cm³/mol. The molecule has 0 saturated heterocycles. The van der Waals surface area contributed by atoms with Crippen LogP contribution in [0.3, 0.4) is 0 Å². The second kappa shape index (κ2) is 7.96. The van der Waals surface area contributed by atoms with Crippen LogP contribution >= 0.6 is 0 Å². The normalized spacial score (nSPS) is 11.1. The summed E-state index contributed by atoms with van der Waals surface area (Å²) >= 11 is 0. The minimum absolute atomic E-state index is 0.00313. The second-order valence-corrected chi connectivity index (χ2v) is 7.62. The van der Waals surface area contributed by atoms with Crippen molar-refractivity contribution >= 4 is 11.5 Å². The molecule has 146 valence electrons. The average Bonchev–Trinajstić information content (AvgIpc) is 3.00. The van der Waals surface area contributed by atoms with Crippen molar-refractivity contribution in [2.24, 2.45) is 0 Å². The van der Waals surface area contributed by atoms with E-state index in [1.165, 1.54) is 27.8 Å². The third-order valence-corrected chi connectivity index (χ3v) is 5.58. The van der Waals surface area contributed by atoms with E-state index < -0.39 is 0 Å². The summed E-state index contributed by atoms with van der Waals surface area (Å²) in [6, 6.07) is 27.6. The van der Waals surface area contributed by atoms with Crippen LogP contribution in [0.1, 0.15) is 39.6 Å². The Bertz CT molecular complexity index is 1050. The summed E-state index contributed by atoms with van der Waals surface area (Å²) in [5, 5.41) is 8.69. The van der Waals surface area contributed by atoms with Gasteiger partial charge in [-0.15, -0.1) is 0 Å². The van der Waals surface area contributed by atoms with Crippen LogP contribution in [0.4, 0.5) is 11.5 Å². The zero-order valence-corrected chi connectivity index (χ0v) is 17.5. The van der Waals surface area contributed by atoms with Crippen molar-refractivity contribution in [3.05, 3.63) is 112 Å². The fraction of sp³-hybridized carbons (Fsp3) is 0.192. The van der Waals surface area contributed by atoms with Crippen molar-refractivity contribution in [2.45, 2.75) is 33.7 Å². The number of rotatable bonds is 5. The van der Waals surface area contributed by atoms with Gasteiger partial charge < -0.3 is 5.32 Å². The number of benzene rings is 3. The first-order valence-electron chi connectivity index (χ1n) is 10.0. The van der Waals surface area contributed by atoms with Gasteiger partial charge in [0.1, 0.15) is 11.9 Å². The first-order chi connectivity index (χ1) is 14.1. The fourth-order valence-corrected chi connectivity index (χ4v) is 3.84. The molecule has 4 rings (SSSR count). The predicted octanol–water partition coefficient (Wildman–Crippen LogP) is 6.50. The SMILES string of the molecule is Cc1cccc(C)c1Nc1c(C)c(C)nn1C(c1ccccc1)c1ccccc1. The van der Waals surface area contributed by atoms with Gasteiger partial charge in [-0.3, -0.25) is 0 Å². The lowest BCUT2D eigenvalue weighted by Crippen LogP contribution is -2.16. The second-order valence-electron chi connectivity index (χ2n) is 7.62. The van der Waals surface area contributed by atoms with Crippen LogP contribution in [0.5, 0.6) is 0 Å². The fourth-order valence-electron chi connectivity index (χ4n) is 3.84. The molecule has 0 unspecified atom stereocenters. The van der Waals surface area contributed by atoms with Crippen molar-refractivity contribution in [2.75, 3.05) is 5.32 Å². The van der Waals surface area contributed by atoms with E-state index in [4.69, 9.17) is 5.10 Å². The smallest absolute Gasteiger partial charge is 0.133 e. The van der Waals surface area contributed by atoms with E-state index in [0.29, 0.717) is 0 Å². The van der Waals surface area contributed by atoms with Crippen LogP contribution < -0.4 is 5.32 Å². The molecule has 3 heteroatoms. The van der Waals surface area contributed by atoms with Gasteiger partial charge in [-0.25, -0.2) is 4.68 Å². The van der Waals surface area contributed by atoms with E-state index in [1.54, 1.807) is 0 Å². The average molecular weight is 382 g/mol. The number of hydrogen-bond donors (Lipinski definition) is 1. The van der Waals surface area contributed by atoms with E-state index in [-0.39, 0.29) is 6.04 Å². The maximum Gasteiger partial charge on any atom is 0.133 e. The van der Waals surface area contributed by atoms with Gasteiger partial charge in [-0.05, 0) is 49.9 Å². The number of nitrogens with one attached hydrogen (secondary N) is 1. The highest BCUT2D eigenvalue weighted by Crippen LogP contribution is 2.34. The topological polar surface area (TPSA) is 29.9 Å². The van der Waals surface area contributed by atoms with E-state index in [2.05, 4.69) is 117 Å². The van der Waals surface area contributed by atoms with E-state index >= 15 is 0 Å². The quantitative estimate of drug-likeness (QED) is 0.428. The maximum absolute atomic E-state index is 4.97. The highest BCUT2D eigenvalue weighted by Gasteiger charge is 2.23. The van der Waals surface area contributed by atoms with Gasteiger partial charge in [0.2, 0.25) is 0 Å². The van der Waals surface area contributed by atoms with Crippen LogP contribution in [0.25, 0.3) is 0 Å². The Morgan fingerprint density at radius 2 is 1.21 bits per heavy atom. The lowest BCUT2D eigenvalue weighted by Gasteiger charge is -2.23. The molecule has 1 N–H and O–H groups in total.